The number of nitrogens with two attached hydrogens (primary N) is 1. The monoisotopic (exact) mass is 456 g/mol. The summed E-state index contributed by atoms with van der Waals surface area (Å²) in [6.45, 7) is -1.08. The molecule has 0 aliphatic carbocycles. The molecule has 0 bridgehead atoms. The Bertz CT molecular complexity index is 938. The molecule has 2 aromatic rings. The Morgan fingerprint density at radius 1 is 0.727 bits per heavy atom. The molecular formula is C23H28N4O6. The van der Waals surface area contributed by atoms with Crippen molar-refractivity contribution in [2.75, 3.05) is 13.2 Å². The topological polar surface area (TPSA) is 171 Å². The summed E-state index contributed by atoms with van der Waals surface area (Å²) in [5.74, 6) is -3.38. The number of hydrogen-bond acceptors (Lipinski definition) is 6. The van der Waals surface area contributed by atoms with Crippen molar-refractivity contribution in [2.24, 2.45) is 5.73 Å². The predicted octanol–water partition coefficient (Wildman–Crippen LogP) is -1.04. The fourth-order valence-electron chi connectivity index (χ4n) is 3.10. The number of carbonyl (C=O) groups excluding carboxylic acids is 3. The summed E-state index contributed by atoms with van der Waals surface area (Å²) in [5, 5.41) is 26.3. The minimum absolute atomic E-state index is 0.0553. The quantitative estimate of drug-likeness (QED) is 0.237. The van der Waals surface area contributed by atoms with Crippen LogP contribution in [0.15, 0.2) is 60.7 Å². The molecule has 2 aromatic carbocycles. The number of rotatable bonds is 12. The average Bonchev–Trinajstić information content (AvgIpc) is 2.82. The Morgan fingerprint density at radius 2 is 1.18 bits per heavy atom. The standard InChI is InChI=1S/C23H28N4O6/c24-13-20(29)25-19(14-28)22(31)26-17(11-15-7-3-1-4-8-15)21(30)27-18(23(32)33)12-16-9-5-2-6-10-16/h1-10,17-19,28H,11-14,24H2,(H,25,29)(H,26,31)(H,27,30)(H,32,33). The van der Waals surface area contributed by atoms with Crippen molar-refractivity contribution in [1.29, 1.82) is 0 Å². The van der Waals surface area contributed by atoms with Crippen LogP contribution in [0.3, 0.4) is 0 Å². The normalized spacial score (nSPS) is 13.3. The van der Waals surface area contributed by atoms with E-state index in [1.165, 1.54) is 0 Å². The number of aliphatic hydroxyl groups excluding tert-OH is 1. The lowest BCUT2D eigenvalue weighted by Crippen LogP contribution is -2.57. The highest BCUT2D eigenvalue weighted by Gasteiger charge is 2.29. The zero-order valence-electron chi connectivity index (χ0n) is 17.9. The number of hydrogen-bond donors (Lipinski definition) is 6. The van der Waals surface area contributed by atoms with Gasteiger partial charge in [0.05, 0.1) is 13.2 Å². The Hall–Kier alpha value is -3.76. The van der Waals surface area contributed by atoms with Gasteiger partial charge in [0.1, 0.15) is 18.1 Å². The maximum absolute atomic E-state index is 13.0. The van der Waals surface area contributed by atoms with Gasteiger partial charge < -0.3 is 31.9 Å². The summed E-state index contributed by atoms with van der Waals surface area (Å²) in [7, 11) is 0. The Kier molecular flexibility index (Phi) is 10.00. The summed E-state index contributed by atoms with van der Waals surface area (Å²) in [5.41, 5.74) is 6.67. The van der Waals surface area contributed by atoms with Crippen molar-refractivity contribution in [3.63, 3.8) is 0 Å². The van der Waals surface area contributed by atoms with Gasteiger partial charge in [0, 0.05) is 12.8 Å². The van der Waals surface area contributed by atoms with Gasteiger partial charge >= 0.3 is 5.97 Å². The minimum Gasteiger partial charge on any atom is -0.480 e. The first-order valence-corrected chi connectivity index (χ1v) is 10.4. The van der Waals surface area contributed by atoms with Crippen LogP contribution in [-0.2, 0) is 32.0 Å². The Labute approximate surface area is 191 Å². The van der Waals surface area contributed by atoms with Crippen LogP contribution in [0.4, 0.5) is 0 Å². The maximum Gasteiger partial charge on any atom is 0.326 e. The van der Waals surface area contributed by atoms with E-state index in [1.54, 1.807) is 60.7 Å². The van der Waals surface area contributed by atoms with Gasteiger partial charge in [0.2, 0.25) is 17.7 Å². The molecular weight excluding hydrogens is 428 g/mol. The molecule has 2 rings (SSSR count). The summed E-state index contributed by atoms with van der Waals surface area (Å²) in [6.07, 6.45) is 0.124. The summed E-state index contributed by atoms with van der Waals surface area (Å²) in [4.78, 5) is 48.9. The molecule has 0 radical (unpaired) electrons. The molecule has 3 atom stereocenters. The first kappa shape index (κ1) is 25.5. The molecule has 0 fully saturated rings. The van der Waals surface area contributed by atoms with Gasteiger partial charge in [-0.25, -0.2) is 4.79 Å². The zero-order chi connectivity index (χ0) is 24.2. The van der Waals surface area contributed by atoms with Crippen LogP contribution >= 0.6 is 0 Å². The molecule has 3 unspecified atom stereocenters. The summed E-state index contributed by atoms with van der Waals surface area (Å²) >= 11 is 0. The van der Waals surface area contributed by atoms with E-state index in [2.05, 4.69) is 16.0 Å². The second-order valence-electron chi connectivity index (χ2n) is 7.35. The van der Waals surface area contributed by atoms with Gasteiger partial charge in [-0.1, -0.05) is 60.7 Å². The molecule has 0 spiro atoms. The van der Waals surface area contributed by atoms with Crippen LogP contribution in [0.5, 0.6) is 0 Å². The molecule has 0 aliphatic rings. The SMILES string of the molecule is NCC(=O)NC(CO)C(=O)NC(Cc1ccccc1)C(=O)NC(Cc1ccccc1)C(=O)O. The first-order chi connectivity index (χ1) is 15.8. The molecule has 0 saturated carbocycles. The highest BCUT2D eigenvalue weighted by atomic mass is 16.4. The van der Waals surface area contributed by atoms with Crippen LogP contribution in [0, 0.1) is 0 Å². The molecule has 176 valence electrons. The molecule has 0 aliphatic heterocycles. The number of aliphatic carboxylic acids is 1. The fourth-order valence-corrected chi connectivity index (χ4v) is 3.10. The van der Waals surface area contributed by atoms with Crippen LogP contribution in [-0.4, -0.2) is 65.2 Å². The number of benzene rings is 2. The number of aliphatic hydroxyl groups is 1. The molecule has 0 saturated heterocycles. The van der Waals surface area contributed by atoms with Crippen LogP contribution in [0.2, 0.25) is 0 Å². The molecule has 10 nitrogen and oxygen atoms in total. The van der Waals surface area contributed by atoms with Gasteiger partial charge in [0.15, 0.2) is 0 Å². The number of carboxylic acids is 1. The third-order valence-corrected chi connectivity index (χ3v) is 4.83. The first-order valence-electron chi connectivity index (χ1n) is 10.4. The lowest BCUT2D eigenvalue weighted by Gasteiger charge is -2.24. The number of amides is 3. The predicted molar refractivity (Wildman–Crippen MR) is 120 cm³/mol. The third-order valence-electron chi connectivity index (χ3n) is 4.83. The van der Waals surface area contributed by atoms with Crippen LogP contribution < -0.4 is 21.7 Å². The van der Waals surface area contributed by atoms with Crippen molar-refractivity contribution in [2.45, 2.75) is 31.0 Å². The smallest absolute Gasteiger partial charge is 0.326 e. The van der Waals surface area contributed by atoms with E-state index in [4.69, 9.17) is 5.73 Å². The maximum atomic E-state index is 13.0. The Balaban J connectivity index is 2.18. The van der Waals surface area contributed by atoms with E-state index in [0.717, 1.165) is 11.1 Å². The number of carboxylic acid groups (broad SMARTS) is 1. The van der Waals surface area contributed by atoms with Crippen LogP contribution in [0.1, 0.15) is 11.1 Å². The van der Waals surface area contributed by atoms with Crippen molar-refractivity contribution in [3.8, 4) is 0 Å². The lowest BCUT2D eigenvalue weighted by molar-refractivity contribution is -0.142. The van der Waals surface area contributed by atoms with E-state index in [-0.39, 0.29) is 19.4 Å². The van der Waals surface area contributed by atoms with Gasteiger partial charge in [-0.05, 0) is 11.1 Å². The van der Waals surface area contributed by atoms with Crippen molar-refractivity contribution >= 4 is 23.7 Å². The lowest BCUT2D eigenvalue weighted by atomic mass is 10.0. The second kappa shape index (κ2) is 12.9. The van der Waals surface area contributed by atoms with E-state index < -0.39 is 48.4 Å². The molecule has 3 amide bonds. The van der Waals surface area contributed by atoms with Crippen molar-refractivity contribution in [1.82, 2.24) is 16.0 Å². The van der Waals surface area contributed by atoms with E-state index in [1.807, 2.05) is 0 Å². The molecule has 10 heteroatoms. The second-order valence-corrected chi connectivity index (χ2v) is 7.35. The average molecular weight is 456 g/mol. The van der Waals surface area contributed by atoms with Crippen molar-refractivity contribution < 1.29 is 29.4 Å². The third kappa shape index (κ3) is 8.36. The fraction of sp³-hybridized carbons (Fsp3) is 0.304. The van der Waals surface area contributed by atoms with E-state index >= 15 is 0 Å². The van der Waals surface area contributed by atoms with Crippen molar-refractivity contribution in [3.05, 3.63) is 71.8 Å². The molecule has 0 aromatic heterocycles. The zero-order valence-corrected chi connectivity index (χ0v) is 17.9. The van der Waals surface area contributed by atoms with Crippen LogP contribution in [0.25, 0.3) is 0 Å². The summed E-state index contributed by atoms with van der Waals surface area (Å²) < 4.78 is 0. The van der Waals surface area contributed by atoms with Gasteiger partial charge in [-0.2, -0.15) is 0 Å². The van der Waals surface area contributed by atoms with Gasteiger partial charge in [-0.15, -0.1) is 0 Å². The minimum atomic E-state index is -1.31. The molecule has 0 heterocycles. The van der Waals surface area contributed by atoms with E-state index in [0.29, 0.717) is 0 Å². The largest absolute Gasteiger partial charge is 0.480 e. The number of nitrogens with one attached hydrogen (secondary N) is 3. The molecule has 7 N–H and O–H groups in total. The van der Waals surface area contributed by atoms with E-state index in [9.17, 15) is 29.4 Å². The van der Waals surface area contributed by atoms with Gasteiger partial charge in [-0.3, -0.25) is 14.4 Å². The summed E-state index contributed by atoms with van der Waals surface area (Å²) in [6, 6.07) is 14.0. The highest BCUT2D eigenvalue weighted by molar-refractivity contribution is 5.93. The van der Waals surface area contributed by atoms with Gasteiger partial charge in [0.25, 0.3) is 0 Å². The highest BCUT2D eigenvalue weighted by Crippen LogP contribution is 2.07. The Morgan fingerprint density at radius 3 is 1.64 bits per heavy atom. The number of carbonyl (C=O) groups is 4. The molecule has 33 heavy (non-hydrogen) atoms.